The Morgan fingerprint density at radius 2 is 1.64 bits per heavy atom. The minimum absolute atomic E-state index is 0.129. The van der Waals surface area contributed by atoms with Gasteiger partial charge in [-0.2, -0.15) is 0 Å². The van der Waals surface area contributed by atoms with Crippen LogP contribution in [0.25, 0.3) is 0 Å². The van der Waals surface area contributed by atoms with Gasteiger partial charge in [-0.15, -0.1) is 0 Å². The molecule has 0 unspecified atom stereocenters. The molecule has 0 heterocycles. The highest BCUT2D eigenvalue weighted by atomic mass is 16.4. The van der Waals surface area contributed by atoms with Crippen LogP contribution in [-0.4, -0.2) is 53.6 Å². The lowest BCUT2D eigenvalue weighted by molar-refractivity contribution is -0.143. The molecule has 1 aliphatic carbocycles. The van der Waals surface area contributed by atoms with Gasteiger partial charge in [0.15, 0.2) is 0 Å². The van der Waals surface area contributed by atoms with Crippen molar-refractivity contribution in [2.45, 2.75) is 96.2 Å². The van der Waals surface area contributed by atoms with E-state index in [1.807, 2.05) is 30.3 Å². The zero-order valence-electron chi connectivity index (χ0n) is 21.6. The number of hydrogen-bond donors (Lipinski definition) is 5. The Morgan fingerprint density at radius 1 is 0.944 bits per heavy atom. The van der Waals surface area contributed by atoms with Crippen molar-refractivity contribution >= 4 is 23.8 Å². The predicted molar refractivity (Wildman–Crippen MR) is 138 cm³/mol. The summed E-state index contributed by atoms with van der Waals surface area (Å²) in [5.41, 5.74) is 0.868. The summed E-state index contributed by atoms with van der Waals surface area (Å²) in [5, 5.41) is 20.7. The van der Waals surface area contributed by atoms with Crippen molar-refractivity contribution in [2.24, 2.45) is 5.92 Å². The zero-order chi connectivity index (χ0) is 26.3. The maximum Gasteiger partial charge on any atom is 0.326 e. The second kappa shape index (κ2) is 15.8. The van der Waals surface area contributed by atoms with Crippen LogP contribution in [0.1, 0.15) is 77.2 Å². The van der Waals surface area contributed by atoms with Gasteiger partial charge in [-0.25, -0.2) is 9.59 Å². The maximum atomic E-state index is 12.9. The van der Waals surface area contributed by atoms with Gasteiger partial charge in [0.1, 0.15) is 12.1 Å². The van der Waals surface area contributed by atoms with Crippen LogP contribution in [0, 0.1) is 5.92 Å². The van der Waals surface area contributed by atoms with Crippen molar-refractivity contribution in [3.8, 4) is 0 Å². The van der Waals surface area contributed by atoms with Gasteiger partial charge in [0, 0.05) is 25.4 Å². The summed E-state index contributed by atoms with van der Waals surface area (Å²) in [4.78, 5) is 49.0. The zero-order valence-corrected chi connectivity index (χ0v) is 21.6. The number of carbonyl (C=O) groups excluding carboxylic acids is 3. The fourth-order valence-corrected chi connectivity index (χ4v) is 4.37. The quantitative estimate of drug-likeness (QED) is 0.249. The van der Waals surface area contributed by atoms with Crippen LogP contribution in [0.4, 0.5) is 4.79 Å². The number of nitrogens with one attached hydrogen (secondary N) is 4. The van der Waals surface area contributed by atoms with E-state index in [4.69, 9.17) is 0 Å². The fourth-order valence-electron chi connectivity index (χ4n) is 4.37. The van der Waals surface area contributed by atoms with Crippen LogP contribution in [0.15, 0.2) is 30.3 Å². The van der Waals surface area contributed by atoms with E-state index in [0.29, 0.717) is 13.0 Å². The normalized spacial score (nSPS) is 15.5. The van der Waals surface area contributed by atoms with Crippen LogP contribution >= 0.6 is 0 Å². The molecule has 0 aliphatic heterocycles. The number of carboxylic acids is 1. The van der Waals surface area contributed by atoms with Crippen LogP contribution in [-0.2, 0) is 20.8 Å². The van der Waals surface area contributed by atoms with Crippen molar-refractivity contribution < 1.29 is 24.3 Å². The lowest BCUT2D eigenvalue weighted by Crippen LogP contribution is -2.53. The first kappa shape index (κ1) is 29.1. The smallest absolute Gasteiger partial charge is 0.326 e. The molecule has 9 nitrogen and oxygen atoms in total. The van der Waals surface area contributed by atoms with Crippen molar-refractivity contribution in [3.63, 3.8) is 0 Å². The summed E-state index contributed by atoms with van der Waals surface area (Å²) in [5.74, 6) is -2.17. The van der Waals surface area contributed by atoms with Crippen molar-refractivity contribution in [3.05, 3.63) is 35.9 Å². The number of rotatable bonds is 14. The van der Waals surface area contributed by atoms with Gasteiger partial charge in [0.05, 0.1) is 0 Å². The van der Waals surface area contributed by atoms with Gasteiger partial charge >= 0.3 is 12.0 Å². The molecule has 2 atom stereocenters. The Morgan fingerprint density at radius 3 is 2.28 bits per heavy atom. The van der Waals surface area contributed by atoms with Gasteiger partial charge in [0.25, 0.3) is 0 Å². The summed E-state index contributed by atoms with van der Waals surface area (Å²) in [7, 11) is 0. The number of benzene rings is 1. The minimum atomic E-state index is -1.11. The number of aliphatic carboxylic acids is 1. The highest BCUT2D eigenvalue weighted by molar-refractivity contribution is 5.90. The highest BCUT2D eigenvalue weighted by Crippen LogP contribution is 2.17. The summed E-state index contributed by atoms with van der Waals surface area (Å²) in [6.07, 6.45) is 8.32. The molecule has 9 heteroatoms. The Labute approximate surface area is 214 Å². The number of unbranched alkanes of at least 4 members (excludes halogenated alkanes) is 2. The highest BCUT2D eigenvalue weighted by Gasteiger charge is 2.28. The van der Waals surface area contributed by atoms with E-state index < -0.39 is 24.0 Å². The van der Waals surface area contributed by atoms with E-state index in [-0.39, 0.29) is 36.7 Å². The van der Waals surface area contributed by atoms with Gasteiger partial charge in [-0.3, -0.25) is 9.59 Å². The van der Waals surface area contributed by atoms with Crippen LogP contribution in [0.2, 0.25) is 0 Å². The summed E-state index contributed by atoms with van der Waals surface area (Å²) >= 11 is 0. The summed E-state index contributed by atoms with van der Waals surface area (Å²) < 4.78 is 0. The second-order valence-corrected chi connectivity index (χ2v) is 9.92. The number of carbonyl (C=O) groups is 4. The largest absolute Gasteiger partial charge is 0.480 e. The Balaban J connectivity index is 1.75. The molecule has 1 saturated carbocycles. The standard InChI is InChI=1S/C27H42N4O5/c1-19(2)24(26(34)35)31-25(33)22(18-20-12-6-3-7-13-20)30-23(32)16-10-5-11-17-28-27(36)29-21-14-8-4-9-15-21/h3,6-7,12-13,19,21-22,24H,4-5,8-11,14-18H2,1-2H3,(H,30,32)(H,31,33)(H,34,35)(H2,28,29,36)/t22-,24-/m0/s1. The first-order valence-corrected chi connectivity index (χ1v) is 13.2. The third kappa shape index (κ3) is 11.1. The lowest BCUT2D eigenvalue weighted by Gasteiger charge is -2.23. The van der Waals surface area contributed by atoms with Crippen LogP contribution in [0.3, 0.4) is 0 Å². The Hall–Kier alpha value is -3.10. The number of urea groups is 1. The third-order valence-electron chi connectivity index (χ3n) is 6.47. The third-order valence-corrected chi connectivity index (χ3v) is 6.47. The summed E-state index contributed by atoms with van der Waals surface area (Å²) in [6, 6.07) is 7.53. The van der Waals surface area contributed by atoms with E-state index in [1.54, 1.807) is 13.8 Å². The van der Waals surface area contributed by atoms with E-state index in [0.717, 1.165) is 31.2 Å². The fraction of sp³-hybridized carbons (Fsp3) is 0.630. The van der Waals surface area contributed by atoms with E-state index in [1.165, 1.54) is 19.3 Å². The molecule has 200 valence electrons. The molecule has 4 amide bonds. The Bertz CT molecular complexity index is 840. The lowest BCUT2D eigenvalue weighted by atomic mass is 9.96. The van der Waals surface area contributed by atoms with Crippen molar-refractivity contribution in [1.29, 1.82) is 0 Å². The summed E-state index contributed by atoms with van der Waals surface area (Å²) in [6.45, 7) is 3.99. The molecular formula is C27H42N4O5. The Kier molecular flexibility index (Phi) is 12.8. The average Bonchev–Trinajstić information content (AvgIpc) is 2.85. The maximum absolute atomic E-state index is 12.9. The van der Waals surface area contributed by atoms with Crippen LogP contribution in [0.5, 0.6) is 0 Å². The molecule has 0 saturated heterocycles. The number of carboxylic acid groups (broad SMARTS) is 1. The molecule has 0 aromatic heterocycles. The van der Waals surface area contributed by atoms with Gasteiger partial charge in [0.2, 0.25) is 11.8 Å². The van der Waals surface area contributed by atoms with Crippen LogP contribution < -0.4 is 21.3 Å². The second-order valence-electron chi connectivity index (χ2n) is 9.92. The first-order chi connectivity index (χ1) is 17.3. The molecule has 1 aromatic carbocycles. The number of amides is 4. The van der Waals surface area contributed by atoms with E-state index >= 15 is 0 Å². The SMILES string of the molecule is CC(C)[C@H](NC(=O)[C@H](Cc1ccccc1)NC(=O)CCCCCNC(=O)NC1CCCCC1)C(=O)O. The van der Waals surface area contributed by atoms with Crippen molar-refractivity contribution in [1.82, 2.24) is 21.3 Å². The number of hydrogen-bond acceptors (Lipinski definition) is 4. The average molecular weight is 503 g/mol. The molecular weight excluding hydrogens is 460 g/mol. The molecule has 0 radical (unpaired) electrons. The van der Waals surface area contributed by atoms with Gasteiger partial charge < -0.3 is 26.4 Å². The molecule has 2 rings (SSSR count). The van der Waals surface area contributed by atoms with Gasteiger partial charge in [-0.1, -0.05) is 69.9 Å². The molecule has 36 heavy (non-hydrogen) atoms. The predicted octanol–water partition coefficient (Wildman–Crippen LogP) is 3.13. The molecule has 5 N–H and O–H groups in total. The first-order valence-electron chi connectivity index (χ1n) is 13.2. The molecule has 0 bridgehead atoms. The molecule has 1 aromatic rings. The van der Waals surface area contributed by atoms with Crippen molar-refractivity contribution in [2.75, 3.05) is 6.54 Å². The monoisotopic (exact) mass is 502 g/mol. The van der Waals surface area contributed by atoms with E-state index in [9.17, 15) is 24.3 Å². The van der Waals surface area contributed by atoms with E-state index in [2.05, 4.69) is 21.3 Å². The van der Waals surface area contributed by atoms with Gasteiger partial charge in [-0.05, 0) is 37.2 Å². The minimum Gasteiger partial charge on any atom is -0.480 e. The molecule has 1 fully saturated rings. The molecule has 1 aliphatic rings. The molecule has 0 spiro atoms. The topological polar surface area (TPSA) is 137 Å².